The lowest BCUT2D eigenvalue weighted by atomic mass is 10.2. The van der Waals surface area contributed by atoms with Gasteiger partial charge in [0.15, 0.2) is 0 Å². The van der Waals surface area contributed by atoms with Gasteiger partial charge in [-0.15, -0.1) is 0 Å². The quantitative estimate of drug-likeness (QED) is 0.511. The van der Waals surface area contributed by atoms with Crippen molar-refractivity contribution in [2.75, 3.05) is 10.5 Å². The number of rotatable bonds is 6. The Kier molecular flexibility index (Phi) is 4.88. The highest BCUT2D eigenvalue weighted by Crippen LogP contribution is 2.30. The largest absolute Gasteiger partial charge is 0.292 e. The van der Waals surface area contributed by atoms with Crippen molar-refractivity contribution in [3.8, 4) is 17.1 Å². The van der Waals surface area contributed by atoms with E-state index in [1.165, 1.54) is 0 Å². The number of hydrogen-bond donors (Lipinski definition) is 1. The van der Waals surface area contributed by atoms with Crippen LogP contribution in [0, 0.1) is 0 Å². The second kappa shape index (κ2) is 7.48. The summed E-state index contributed by atoms with van der Waals surface area (Å²) in [4.78, 5) is 4.82. The topological polar surface area (TPSA) is 64.0 Å². The van der Waals surface area contributed by atoms with Crippen LogP contribution < -0.4 is 4.72 Å². The van der Waals surface area contributed by atoms with Gasteiger partial charge in [-0.3, -0.25) is 9.29 Å². The highest BCUT2D eigenvalue weighted by atomic mass is 32.2. The Bertz CT molecular complexity index is 1200. The fraction of sp³-hybridized carbons (Fsp3) is 0.136. The van der Waals surface area contributed by atoms with Crippen LogP contribution >= 0.6 is 0 Å². The second-order valence-electron chi connectivity index (χ2n) is 6.60. The highest BCUT2D eigenvalue weighted by molar-refractivity contribution is 7.92. The Morgan fingerprint density at radius 3 is 2.29 bits per heavy atom. The summed E-state index contributed by atoms with van der Waals surface area (Å²) in [6, 6.07) is 25.5. The average molecular weight is 391 g/mol. The van der Waals surface area contributed by atoms with E-state index in [0.717, 1.165) is 28.1 Å². The Balaban J connectivity index is 1.88. The molecule has 0 bridgehead atoms. The van der Waals surface area contributed by atoms with E-state index in [9.17, 15) is 8.42 Å². The predicted octanol–water partition coefficient (Wildman–Crippen LogP) is 4.84. The molecule has 6 heteroatoms. The maximum absolute atomic E-state index is 12.1. The first kappa shape index (κ1) is 18.3. The van der Waals surface area contributed by atoms with Gasteiger partial charge in [0.1, 0.15) is 5.82 Å². The predicted molar refractivity (Wildman–Crippen MR) is 114 cm³/mol. The van der Waals surface area contributed by atoms with E-state index in [-0.39, 0.29) is 5.75 Å². The van der Waals surface area contributed by atoms with Gasteiger partial charge in [0.05, 0.1) is 22.5 Å². The van der Waals surface area contributed by atoms with E-state index in [2.05, 4.69) is 9.29 Å². The molecule has 0 aliphatic rings. The van der Waals surface area contributed by atoms with E-state index in [0.29, 0.717) is 12.1 Å². The zero-order valence-corrected chi connectivity index (χ0v) is 16.4. The number of imidazole rings is 1. The van der Waals surface area contributed by atoms with Crippen LogP contribution in [0.3, 0.4) is 0 Å². The second-order valence-corrected chi connectivity index (χ2v) is 8.44. The zero-order chi connectivity index (χ0) is 19.6. The number of fused-ring (bicyclic) bond motifs is 1. The summed E-state index contributed by atoms with van der Waals surface area (Å²) in [7, 11) is -3.35. The SMILES string of the molecule is CCCS(=O)(=O)Nc1ccc2c(c1)nc(-c1ccccc1)n2-c1ccccc1. The van der Waals surface area contributed by atoms with E-state index in [4.69, 9.17) is 4.98 Å². The smallest absolute Gasteiger partial charge is 0.232 e. The van der Waals surface area contributed by atoms with Crippen LogP contribution in [-0.4, -0.2) is 23.7 Å². The van der Waals surface area contributed by atoms with Gasteiger partial charge in [-0.05, 0) is 36.8 Å². The average Bonchev–Trinajstić information content (AvgIpc) is 3.07. The monoisotopic (exact) mass is 391 g/mol. The number of nitrogens with one attached hydrogen (secondary N) is 1. The van der Waals surface area contributed by atoms with Crippen LogP contribution in [0.4, 0.5) is 5.69 Å². The number of nitrogens with zero attached hydrogens (tertiary/aromatic N) is 2. The normalized spacial score (nSPS) is 11.6. The maximum Gasteiger partial charge on any atom is 0.232 e. The minimum atomic E-state index is -3.35. The molecule has 1 heterocycles. The van der Waals surface area contributed by atoms with Crippen LogP contribution in [0.5, 0.6) is 0 Å². The van der Waals surface area contributed by atoms with E-state index in [1.54, 1.807) is 12.1 Å². The maximum atomic E-state index is 12.1. The molecule has 4 aromatic rings. The molecule has 0 saturated heterocycles. The molecular weight excluding hydrogens is 370 g/mol. The third-order valence-corrected chi connectivity index (χ3v) is 5.94. The van der Waals surface area contributed by atoms with Crippen molar-refractivity contribution in [2.24, 2.45) is 0 Å². The van der Waals surface area contributed by atoms with Crippen LogP contribution in [-0.2, 0) is 10.0 Å². The Morgan fingerprint density at radius 2 is 1.61 bits per heavy atom. The summed E-state index contributed by atoms with van der Waals surface area (Å²) in [6.45, 7) is 1.84. The first-order valence-corrected chi connectivity index (χ1v) is 10.9. The Hall–Kier alpha value is -3.12. The fourth-order valence-corrected chi connectivity index (χ4v) is 4.39. The minimum absolute atomic E-state index is 0.0960. The summed E-state index contributed by atoms with van der Waals surface area (Å²) in [5, 5.41) is 0. The van der Waals surface area contributed by atoms with Gasteiger partial charge in [-0.1, -0.05) is 55.5 Å². The van der Waals surface area contributed by atoms with Gasteiger partial charge in [0.2, 0.25) is 10.0 Å². The van der Waals surface area contributed by atoms with Crippen LogP contribution in [0.2, 0.25) is 0 Å². The summed E-state index contributed by atoms with van der Waals surface area (Å²) >= 11 is 0. The summed E-state index contributed by atoms with van der Waals surface area (Å²) < 4.78 is 29.0. The molecule has 142 valence electrons. The van der Waals surface area contributed by atoms with Crippen LogP contribution in [0.25, 0.3) is 28.1 Å². The van der Waals surface area contributed by atoms with Crippen LogP contribution in [0.15, 0.2) is 78.9 Å². The number of anilines is 1. The molecule has 4 rings (SSSR count). The van der Waals surface area contributed by atoms with Crippen molar-refractivity contribution in [2.45, 2.75) is 13.3 Å². The van der Waals surface area contributed by atoms with Gasteiger partial charge in [-0.2, -0.15) is 0 Å². The molecule has 0 atom stereocenters. The van der Waals surface area contributed by atoms with Crippen molar-refractivity contribution in [1.29, 1.82) is 0 Å². The molecule has 3 aromatic carbocycles. The lowest BCUT2D eigenvalue weighted by Gasteiger charge is -2.10. The number of aromatic nitrogens is 2. The third kappa shape index (κ3) is 3.64. The van der Waals surface area contributed by atoms with Gasteiger partial charge in [0, 0.05) is 11.3 Å². The number of hydrogen-bond acceptors (Lipinski definition) is 3. The molecule has 0 spiro atoms. The lowest BCUT2D eigenvalue weighted by Crippen LogP contribution is -2.15. The fourth-order valence-electron chi connectivity index (χ4n) is 3.26. The van der Waals surface area contributed by atoms with Crippen molar-refractivity contribution in [3.05, 3.63) is 78.9 Å². The summed E-state index contributed by atoms with van der Waals surface area (Å²) in [5.41, 5.74) is 4.18. The van der Waals surface area contributed by atoms with Crippen molar-refractivity contribution in [1.82, 2.24) is 9.55 Å². The Morgan fingerprint density at radius 1 is 0.929 bits per heavy atom. The zero-order valence-electron chi connectivity index (χ0n) is 15.5. The van der Waals surface area contributed by atoms with E-state index >= 15 is 0 Å². The molecule has 5 nitrogen and oxygen atoms in total. The molecule has 0 unspecified atom stereocenters. The molecule has 0 saturated carbocycles. The first-order chi connectivity index (χ1) is 13.6. The number of para-hydroxylation sites is 1. The van der Waals surface area contributed by atoms with Crippen molar-refractivity contribution >= 4 is 26.7 Å². The molecule has 28 heavy (non-hydrogen) atoms. The molecule has 0 amide bonds. The van der Waals surface area contributed by atoms with Crippen molar-refractivity contribution in [3.63, 3.8) is 0 Å². The number of sulfonamides is 1. The standard InChI is InChI=1S/C22H21N3O2S/c1-2-15-28(26,27)24-18-13-14-21-20(16-18)23-22(17-9-5-3-6-10-17)25(21)19-11-7-4-8-12-19/h3-14,16,24H,2,15H2,1H3. The summed E-state index contributed by atoms with van der Waals surface area (Å²) in [6.07, 6.45) is 0.568. The van der Waals surface area contributed by atoms with E-state index < -0.39 is 10.0 Å². The van der Waals surface area contributed by atoms with Gasteiger partial charge >= 0.3 is 0 Å². The minimum Gasteiger partial charge on any atom is -0.292 e. The molecule has 1 aromatic heterocycles. The van der Waals surface area contributed by atoms with Crippen molar-refractivity contribution < 1.29 is 8.42 Å². The van der Waals surface area contributed by atoms with Gasteiger partial charge in [0.25, 0.3) is 0 Å². The first-order valence-electron chi connectivity index (χ1n) is 9.21. The van der Waals surface area contributed by atoms with Crippen LogP contribution in [0.1, 0.15) is 13.3 Å². The molecule has 0 aliphatic carbocycles. The molecule has 0 aliphatic heterocycles. The number of benzene rings is 3. The Labute approximate surface area is 164 Å². The van der Waals surface area contributed by atoms with Gasteiger partial charge in [-0.25, -0.2) is 13.4 Å². The molecule has 1 N–H and O–H groups in total. The van der Waals surface area contributed by atoms with Gasteiger partial charge < -0.3 is 0 Å². The highest BCUT2D eigenvalue weighted by Gasteiger charge is 2.16. The molecule has 0 radical (unpaired) electrons. The lowest BCUT2D eigenvalue weighted by molar-refractivity contribution is 0.600. The summed E-state index contributed by atoms with van der Waals surface area (Å²) in [5.74, 6) is 0.911. The third-order valence-electron chi connectivity index (χ3n) is 4.45. The van der Waals surface area contributed by atoms with E-state index in [1.807, 2.05) is 73.7 Å². The molecular formula is C22H21N3O2S. The molecule has 0 fully saturated rings.